The summed E-state index contributed by atoms with van der Waals surface area (Å²) in [6.45, 7) is 3.16. The molecule has 2 aromatic carbocycles. The zero-order valence-electron chi connectivity index (χ0n) is 15.7. The van der Waals surface area contributed by atoms with Gasteiger partial charge in [0, 0.05) is 25.8 Å². The van der Waals surface area contributed by atoms with Gasteiger partial charge in [0.2, 0.25) is 0 Å². The van der Waals surface area contributed by atoms with Crippen LogP contribution in [-0.2, 0) is 17.6 Å². The SMILES string of the molecule is CC(Oc1cccc2c1CCCC2)C(=O)NCCN(C)c1ccccc1. The van der Waals surface area contributed by atoms with Gasteiger partial charge in [0.25, 0.3) is 5.91 Å². The molecule has 0 radical (unpaired) electrons. The molecule has 26 heavy (non-hydrogen) atoms. The highest BCUT2D eigenvalue weighted by Crippen LogP contribution is 2.30. The zero-order chi connectivity index (χ0) is 18.4. The van der Waals surface area contributed by atoms with Crippen molar-refractivity contribution in [1.82, 2.24) is 5.32 Å². The van der Waals surface area contributed by atoms with Gasteiger partial charge in [-0.1, -0.05) is 30.3 Å². The smallest absolute Gasteiger partial charge is 0.260 e. The van der Waals surface area contributed by atoms with Gasteiger partial charge in [0.05, 0.1) is 0 Å². The number of likely N-dealkylation sites (N-methyl/N-ethyl adjacent to an activating group) is 1. The van der Waals surface area contributed by atoms with Crippen molar-refractivity contribution in [3.05, 3.63) is 59.7 Å². The number of ether oxygens (including phenoxy) is 1. The fourth-order valence-electron chi connectivity index (χ4n) is 3.40. The summed E-state index contributed by atoms with van der Waals surface area (Å²) >= 11 is 0. The zero-order valence-corrected chi connectivity index (χ0v) is 15.7. The molecular weight excluding hydrogens is 324 g/mol. The Hall–Kier alpha value is -2.49. The van der Waals surface area contributed by atoms with Crippen LogP contribution in [0.1, 0.15) is 30.9 Å². The summed E-state index contributed by atoms with van der Waals surface area (Å²) in [5.41, 5.74) is 3.79. The summed E-state index contributed by atoms with van der Waals surface area (Å²) in [6, 6.07) is 16.3. The summed E-state index contributed by atoms with van der Waals surface area (Å²) in [7, 11) is 2.03. The average Bonchev–Trinajstić information content (AvgIpc) is 2.68. The topological polar surface area (TPSA) is 41.6 Å². The number of nitrogens with zero attached hydrogens (tertiary/aromatic N) is 1. The Morgan fingerprint density at radius 2 is 1.88 bits per heavy atom. The lowest BCUT2D eigenvalue weighted by molar-refractivity contribution is -0.127. The molecule has 138 valence electrons. The van der Waals surface area contributed by atoms with E-state index >= 15 is 0 Å². The largest absolute Gasteiger partial charge is 0.481 e. The number of fused-ring (bicyclic) bond motifs is 1. The van der Waals surface area contributed by atoms with E-state index in [4.69, 9.17) is 4.74 Å². The molecule has 1 aliphatic carbocycles. The van der Waals surface area contributed by atoms with Crippen LogP contribution < -0.4 is 15.0 Å². The van der Waals surface area contributed by atoms with Crippen molar-refractivity contribution in [2.24, 2.45) is 0 Å². The molecule has 0 saturated carbocycles. The highest BCUT2D eigenvalue weighted by Gasteiger charge is 2.19. The maximum Gasteiger partial charge on any atom is 0.260 e. The fraction of sp³-hybridized carbons (Fsp3) is 0.409. The molecule has 1 N–H and O–H groups in total. The Balaban J connectivity index is 1.49. The third-order valence-electron chi connectivity index (χ3n) is 4.97. The van der Waals surface area contributed by atoms with Crippen LogP contribution in [-0.4, -0.2) is 32.1 Å². The van der Waals surface area contributed by atoms with Gasteiger partial charge in [0.15, 0.2) is 6.10 Å². The van der Waals surface area contributed by atoms with Crippen LogP contribution in [0.5, 0.6) is 5.75 Å². The first kappa shape index (κ1) is 18.3. The van der Waals surface area contributed by atoms with Crippen LogP contribution in [0.2, 0.25) is 0 Å². The minimum atomic E-state index is -0.495. The highest BCUT2D eigenvalue weighted by molar-refractivity contribution is 5.80. The van der Waals surface area contributed by atoms with Crippen molar-refractivity contribution >= 4 is 11.6 Å². The second-order valence-corrected chi connectivity index (χ2v) is 6.91. The van der Waals surface area contributed by atoms with E-state index in [-0.39, 0.29) is 5.91 Å². The molecule has 1 aliphatic rings. The number of carbonyl (C=O) groups is 1. The summed E-state index contributed by atoms with van der Waals surface area (Å²) in [4.78, 5) is 14.5. The van der Waals surface area contributed by atoms with Gasteiger partial charge < -0.3 is 15.0 Å². The molecule has 0 fully saturated rings. The molecule has 1 unspecified atom stereocenters. The number of rotatable bonds is 7. The molecule has 4 nitrogen and oxygen atoms in total. The van der Waals surface area contributed by atoms with Crippen LogP contribution in [0.3, 0.4) is 0 Å². The van der Waals surface area contributed by atoms with E-state index in [2.05, 4.69) is 28.4 Å². The minimum Gasteiger partial charge on any atom is -0.481 e. The van der Waals surface area contributed by atoms with E-state index in [9.17, 15) is 4.79 Å². The molecule has 0 aliphatic heterocycles. The number of benzene rings is 2. The Bertz CT molecular complexity index is 730. The second-order valence-electron chi connectivity index (χ2n) is 6.91. The monoisotopic (exact) mass is 352 g/mol. The Morgan fingerprint density at radius 1 is 1.12 bits per heavy atom. The normalized spacial score (nSPS) is 14.2. The van der Waals surface area contributed by atoms with Crippen LogP contribution in [0.4, 0.5) is 5.69 Å². The lowest BCUT2D eigenvalue weighted by Crippen LogP contribution is -2.40. The molecule has 0 aromatic heterocycles. The number of para-hydroxylation sites is 1. The number of carbonyl (C=O) groups excluding carboxylic acids is 1. The molecule has 0 spiro atoms. The number of nitrogens with one attached hydrogen (secondary N) is 1. The van der Waals surface area contributed by atoms with Crippen molar-refractivity contribution in [3.63, 3.8) is 0 Å². The summed E-state index contributed by atoms with van der Waals surface area (Å²) in [6.07, 6.45) is 4.09. The predicted octanol–water partition coefficient (Wildman–Crippen LogP) is 3.59. The summed E-state index contributed by atoms with van der Waals surface area (Å²) < 4.78 is 5.99. The fourth-order valence-corrected chi connectivity index (χ4v) is 3.40. The number of hydrogen-bond donors (Lipinski definition) is 1. The van der Waals surface area contributed by atoms with Gasteiger partial charge in [-0.3, -0.25) is 4.79 Å². The second kappa shape index (κ2) is 8.75. The van der Waals surface area contributed by atoms with E-state index in [1.807, 2.05) is 44.3 Å². The van der Waals surface area contributed by atoms with Gasteiger partial charge in [0.1, 0.15) is 5.75 Å². The maximum absolute atomic E-state index is 12.4. The first-order chi connectivity index (χ1) is 12.6. The van der Waals surface area contributed by atoms with Crippen LogP contribution in [0.15, 0.2) is 48.5 Å². The van der Waals surface area contributed by atoms with Gasteiger partial charge in [-0.25, -0.2) is 0 Å². The van der Waals surface area contributed by atoms with E-state index < -0.39 is 6.10 Å². The van der Waals surface area contributed by atoms with Crippen molar-refractivity contribution in [1.29, 1.82) is 0 Å². The van der Waals surface area contributed by atoms with Crippen molar-refractivity contribution in [2.45, 2.75) is 38.7 Å². The number of anilines is 1. The first-order valence-corrected chi connectivity index (χ1v) is 9.46. The average molecular weight is 352 g/mol. The van der Waals surface area contributed by atoms with E-state index in [0.717, 1.165) is 30.8 Å². The third kappa shape index (κ3) is 4.57. The molecule has 1 amide bonds. The molecule has 2 aromatic rings. The lowest BCUT2D eigenvalue weighted by atomic mass is 9.91. The van der Waals surface area contributed by atoms with E-state index in [1.54, 1.807) is 0 Å². The number of aryl methyl sites for hydroxylation is 1. The van der Waals surface area contributed by atoms with E-state index in [1.165, 1.54) is 24.0 Å². The summed E-state index contributed by atoms with van der Waals surface area (Å²) in [5.74, 6) is 0.797. The Kier molecular flexibility index (Phi) is 6.16. The predicted molar refractivity (Wildman–Crippen MR) is 106 cm³/mol. The lowest BCUT2D eigenvalue weighted by Gasteiger charge is -2.23. The van der Waals surface area contributed by atoms with Crippen molar-refractivity contribution in [3.8, 4) is 5.75 Å². The van der Waals surface area contributed by atoms with Crippen molar-refractivity contribution < 1.29 is 9.53 Å². The molecule has 0 bridgehead atoms. The quantitative estimate of drug-likeness (QED) is 0.828. The Morgan fingerprint density at radius 3 is 2.69 bits per heavy atom. The van der Waals surface area contributed by atoms with E-state index in [0.29, 0.717) is 6.54 Å². The van der Waals surface area contributed by atoms with Gasteiger partial charge in [-0.2, -0.15) is 0 Å². The van der Waals surface area contributed by atoms with Gasteiger partial charge in [-0.05, 0) is 61.9 Å². The first-order valence-electron chi connectivity index (χ1n) is 9.46. The molecule has 0 saturated heterocycles. The molecule has 3 rings (SSSR count). The van der Waals surface area contributed by atoms with Gasteiger partial charge >= 0.3 is 0 Å². The molecule has 0 heterocycles. The maximum atomic E-state index is 12.4. The van der Waals surface area contributed by atoms with Crippen LogP contribution in [0.25, 0.3) is 0 Å². The number of amides is 1. The number of hydrogen-bond acceptors (Lipinski definition) is 3. The van der Waals surface area contributed by atoms with Crippen LogP contribution >= 0.6 is 0 Å². The van der Waals surface area contributed by atoms with Gasteiger partial charge in [-0.15, -0.1) is 0 Å². The molecular formula is C22H28N2O2. The van der Waals surface area contributed by atoms with Crippen LogP contribution in [0, 0.1) is 0 Å². The Labute approximate surface area is 156 Å². The highest BCUT2D eigenvalue weighted by atomic mass is 16.5. The van der Waals surface area contributed by atoms with Crippen molar-refractivity contribution in [2.75, 3.05) is 25.0 Å². The standard InChI is InChI=1S/C22H28N2O2/c1-17(26-21-14-8-10-18-9-6-7-13-20(18)21)22(25)23-15-16-24(2)19-11-4-3-5-12-19/h3-5,8,10-12,14,17H,6-7,9,13,15-16H2,1-2H3,(H,23,25). The summed E-state index contributed by atoms with van der Waals surface area (Å²) in [5, 5.41) is 2.98. The third-order valence-corrected chi connectivity index (χ3v) is 4.97. The molecule has 1 atom stereocenters. The minimum absolute atomic E-state index is 0.0696. The molecule has 4 heteroatoms.